The molecule has 0 aliphatic carbocycles. The zero-order chi connectivity index (χ0) is 16.4. The minimum absolute atomic E-state index is 0.0705. The molecule has 3 rings (SSSR count). The Morgan fingerprint density at radius 3 is 2.61 bits per heavy atom. The Bertz CT molecular complexity index is 626. The number of morpholine rings is 1. The van der Waals surface area contributed by atoms with Crippen LogP contribution in [0.4, 0.5) is 0 Å². The lowest BCUT2D eigenvalue weighted by Crippen LogP contribution is -2.51. The maximum Gasteiger partial charge on any atom is 0.233 e. The first-order valence-electron chi connectivity index (χ1n) is 8.09. The van der Waals surface area contributed by atoms with Gasteiger partial charge in [-0.3, -0.25) is 4.90 Å². The standard InChI is InChI=1S/C14H24N4O4S/c1-11(14-16-15-12(2)22-14)17-5-3-4-13(10-17)23(19,20)18-6-8-21-9-7-18/h11,13H,3-10H2,1-2H3. The molecule has 2 aliphatic heterocycles. The summed E-state index contributed by atoms with van der Waals surface area (Å²) in [5.74, 6) is 1.08. The van der Waals surface area contributed by atoms with Gasteiger partial charge in [0.25, 0.3) is 0 Å². The van der Waals surface area contributed by atoms with E-state index in [9.17, 15) is 8.42 Å². The normalized spacial score (nSPS) is 26.3. The van der Waals surface area contributed by atoms with Crippen molar-refractivity contribution in [1.82, 2.24) is 19.4 Å². The molecule has 2 saturated heterocycles. The number of aryl methyl sites for hydroxylation is 1. The Morgan fingerprint density at radius 1 is 1.22 bits per heavy atom. The summed E-state index contributed by atoms with van der Waals surface area (Å²) in [4.78, 5) is 2.12. The molecular weight excluding hydrogens is 320 g/mol. The number of aromatic nitrogens is 2. The van der Waals surface area contributed by atoms with Crippen LogP contribution in [0.3, 0.4) is 0 Å². The molecule has 130 valence electrons. The molecule has 2 atom stereocenters. The SMILES string of the molecule is Cc1nnc(C(C)N2CCCC(S(=O)(=O)N3CCOCC3)C2)o1. The number of nitrogens with zero attached hydrogens (tertiary/aromatic N) is 4. The highest BCUT2D eigenvalue weighted by molar-refractivity contribution is 7.89. The van der Waals surface area contributed by atoms with Gasteiger partial charge in [-0.15, -0.1) is 10.2 Å². The molecule has 0 radical (unpaired) electrons. The Morgan fingerprint density at radius 2 is 1.96 bits per heavy atom. The molecule has 2 unspecified atom stereocenters. The molecule has 23 heavy (non-hydrogen) atoms. The Labute approximate surface area is 136 Å². The first-order chi connectivity index (χ1) is 11.0. The van der Waals surface area contributed by atoms with Gasteiger partial charge in [-0.1, -0.05) is 0 Å². The number of hydrogen-bond acceptors (Lipinski definition) is 7. The van der Waals surface area contributed by atoms with Crippen LogP contribution in [0.25, 0.3) is 0 Å². The first-order valence-corrected chi connectivity index (χ1v) is 9.59. The topological polar surface area (TPSA) is 88.8 Å². The lowest BCUT2D eigenvalue weighted by molar-refractivity contribution is 0.0714. The molecule has 2 fully saturated rings. The Hall–Kier alpha value is -1.03. The van der Waals surface area contributed by atoms with Gasteiger partial charge >= 0.3 is 0 Å². The zero-order valence-electron chi connectivity index (χ0n) is 13.6. The molecule has 0 saturated carbocycles. The van der Waals surface area contributed by atoms with Crippen molar-refractivity contribution in [2.24, 2.45) is 0 Å². The molecule has 0 N–H and O–H groups in total. The minimum atomic E-state index is -3.28. The predicted molar refractivity (Wildman–Crippen MR) is 83.4 cm³/mol. The van der Waals surface area contributed by atoms with Gasteiger partial charge in [0.15, 0.2) is 0 Å². The van der Waals surface area contributed by atoms with E-state index >= 15 is 0 Å². The van der Waals surface area contributed by atoms with E-state index in [1.165, 1.54) is 0 Å². The van der Waals surface area contributed by atoms with Crippen molar-refractivity contribution >= 4 is 10.0 Å². The van der Waals surface area contributed by atoms with Gasteiger partial charge in [0, 0.05) is 26.6 Å². The molecule has 1 aromatic heterocycles. The van der Waals surface area contributed by atoms with Crippen LogP contribution < -0.4 is 0 Å². The zero-order valence-corrected chi connectivity index (χ0v) is 14.5. The summed E-state index contributed by atoms with van der Waals surface area (Å²) in [6.07, 6.45) is 1.55. The molecule has 8 nitrogen and oxygen atoms in total. The van der Waals surface area contributed by atoms with Gasteiger partial charge in [0.2, 0.25) is 21.8 Å². The van der Waals surface area contributed by atoms with Crippen LogP contribution >= 0.6 is 0 Å². The lowest BCUT2D eigenvalue weighted by atomic mass is 10.1. The van der Waals surface area contributed by atoms with E-state index in [4.69, 9.17) is 9.15 Å². The fraction of sp³-hybridized carbons (Fsp3) is 0.857. The Balaban J connectivity index is 1.70. The molecule has 3 heterocycles. The minimum Gasteiger partial charge on any atom is -0.424 e. The Kier molecular flexibility index (Phi) is 5.00. The second kappa shape index (κ2) is 6.84. The van der Waals surface area contributed by atoms with E-state index in [2.05, 4.69) is 15.1 Å². The monoisotopic (exact) mass is 344 g/mol. The maximum absolute atomic E-state index is 12.8. The maximum atomic E-state index is 12.8. The smallest absolute Gasteiger partial charge is 0.233 e. The van der Waals surface area contributed by atoms with Crippen molar-refractivity contribution in [3.8, 4) is 0 Å². The molecule has 0 bridgehead atoms. The van der Waals surface area contributed by atoms with Gasteiger partial charge in [0.05, 0.1) is 24.5 Å². The van der Waals surface area contributed by atoms with Gasteiger partial charge in [-0.25, -0.2) is 8.42 Å². The number of piperidine rings is 1. The number of ether oxygens (including phenoxy) is 1. The van der Waals surface area contributed by atoms with Crippen LogP contribution in [0.1, 0.15) is 37.6 Å². The van der Waals surface area contributed by atoms with Crippen LogP contribution in [0.15, 0.2) is 4.42 Å². The molecule has 0 spiro atoms. The molecule has 2 aliphatic rings. The quantitative estimate of drug-likeness (QED) is 0.788. The van der Waals surface area contributed by atoms with E-state index < -0.39 is 10.0 Å². The van der Waals surface area contributed by atoms with Crippen LogP contribution in [-0.2, 0) is 14.8 Å². The van der Waals surface area contributed by atoms with Gasteiger partial charge < -0.3 is 9.15 Å². The van der Waals surface area contributed by atoms with Gasteiger partial charge in [-0.2, -0.15) is 4.31 Å². The van der Waals surface area contributed by atoms with Gasteiger partial charge in [0.1, 0.15) is 0 Å². The lowest BCUT2D eigenvalue weighted by Gasteiger charge is -2.37. The van der Waals surface area contributed by atoms with E-state index in [1.807, 2.05) is 6.92 Å². The predicted octanol–water partition coefficient (Wildman–Crippen LogP) is 0.565. The van der Waals surface area contributed by atoms with E-state index in [0.29, 0.717) is 51.1 Å². The van der Waals surface area contributed by atoms with E-state index in [1.54, 1.807) is 11.2 Å². The van der Waals surface area contributed by atoms with Crippen LogP contribution in [0.5, 0.6) is 0 Å². The molecule has 0 amide bonds. The highest BCUT2D eigenvalue weighted by atomic mass is 32.2. The van der Waals surface area contributed by atoms with Crippen LogP contribution in [0, 0.1) is 6.92 Å². The summed E-state index contributed by atoms with van der Waals surface area (Å²) < 4.78 is 38.0. The molecule has 9 heteroatoms. The second-order valence-corrected chi connectivity index (χ2v) is 8.36. The summed E-state index contributed by atoms with van der Waals surface area (Å²) in [5, 5.41) is 7.55. The third kappa shape index (κ3) is 3.57. The first kappa shape index (κ1) is 16.8. The number of likely N-dealkylation sites (tertiary alicyclic amines) is 1. The number of hydrogen-bond donors (Lipinski definition) is 0. The van der Waals surface area contributed by atoms with Crippen molar-refractivity contribution in [3.05, 3.63) is 11.8 Å². The fourth-order valence-electron chi connectivity index (χ4n) is 3.21. The highest BCUT2D eigenvalue weighted by Crippen LogP contribution is 2.27. The van der Waals surface area contributed by atoms with Crippen LogP contribution in [0.2, 0.25) is 0 Å². The van der Waals surface area contributed by atoms with Crippen LogP contribution in [-0.4, -0.2) is 72.5 Å². The summed E-state index contributed by atoms with van der Waals surface area (Å²) in [6, 6.07) is -0.0705. The average molecular weight is 344 g/mol. The number of sulfonamides is 1. The molecule has 0 aromatic carbocycles. The van der Waals surface area contributed by atoms with E-state index in [0.717, 1.165) is 13.0 Å². The third-order valence-electron chi connectivity index (χ3n) is 4.61. The van der Waals surface area contributed by atoms with E-state index in [-0.39, 0.29) is 11.3 Å². The third-order valence-corrected chi connectivity index (χ3v) is 6.92. The number of rotatable bonds is 4. The average Bonchev–Trinajstić information content (AvgIpc) is 3.01. The molecular formula is C14H24N4O4S. The summed E-state index contributed by atoms with van der Waals surface area (Å²) in [5.41, 5.74) is 0. The fourth-order valence-corrected chi connectivity index (χ4v) is 5.13. The summed E-state index contributed by atoms with van der Waals surface area (Å²) >= 11 is 0. The van der Waals surface area contributed by atoms with Crippen molar-refractivity contribution in [3.63, 3.8) is 0 Å². The van der Waals surface area contributed by atoms with Gasteiger partial charge in [-0.05, 0) is 26.3 Å². The largest absolute Gasteiger partial charge is 0.424 e. The second-order valence-electron chi connectivity index (χ2n) is 6.15. The van der Waals surface area contributed by atoms with Crippen molar-refractivity contribution in [2.45, 2.75) is 38.0 Å². The van der Waals surface area contributed by atoms with Crippen molar-refractivity contribution in [2.75, 3.05) is 39.4 Å². The summed E-state index contributed by atoms with van der Waals surface area (Å²) in [7, 11) is -3.28. The molecule has 1 aromatic rings. The summed E-state index contributed by atoms with van der Waals surface area (Å²) in [6.45, 7) is 6.96. The highest BCUT2D eigenvalue weighted by Gasteiger charge is 2.37. The van der Waals surface area contributed by atoms with Crippen molar-refractivity contribution < 1.29 is 17.6 Å². The van der Waals surface area contributed by atoms with Crippen molar-refractivity contribution in [1.29, 1.82) is 0 Å².